The number of rotatable bonds is 7. The lowest BCUT2D eigenvalue weighted by atomic mass is 10.1. The quantitative estimate of drug-likeness (QED) is 0.444. The summed E-state index contributed by atoms with van der Waals surface area (Å²) in [6.07, 6.45) is 3.24. The van der Waals surface area contributed by atoms with Crippen LogP contribution in [0, 0.1) is 0 Å². The SMILES string of the molecule is O=C(NCc1ccco1)c1ccccc1NCc1ncc(-c2ccc(Cl)cc2)o1. The topological polar surface area (TPSA) is 80.3 Å². The molecule has 0 unspecified atom stereocenters. The first-order chi connectivity index (χ1) is 14.2. The van der Waals surface area contributed by atoms with Crippen LogP contribution in [0.15, 0.2) is 82.0 Å². The number of anilines is 1. The molecule has 0 aliphatic carbocycles. The van der Waals surface area contributed by atoms with Gasteiger partial charge in [-0.25, -0.2) is 4.98 Å². The van der Waals surface area contributed by atoms with Crippen LogP contribution in [0.5, 0.6) is 0 Å². The Morgan fingerprint density at radius 2 is 1.83 bits per heavy atom. The summed E-state index contributed by atoms with van der Waals surface area (Å²) in [7, 11) is 0. The summed E-state index contributed by atoms with van der Waals surface area (Å²) in [5.74, 6) is 1.67. The number of hydrogen-bond acceptors (Lipinski definition) is 5. The number of benzene rings is 2. The second-order valence-electron chi connectivity index (χ2n) is 6.29. The number of furan rings is 1. The molecule has 2 N–H and O–H groups in total. The lowest BCUT2D eigenvalue weighted by Crippen LogP contribution is -2.23. The van der Waals surface area contributed by atoms with Gasteiger partial charge in [0.25, 0.3) is 5.91 Å². The molecule has 146 valence electrons. The van der Waals surface area contributed by atoms with E-state index in [1.165, 1.54) is 0 Å². The minimum atomic E-state index is -0.196. The molecule has 2 aromatic carbocycles. The molecule has 4 rings (SSSR count). The molecule has 2 aromatic heterocycles. The van der Waals surface area contributed by atoms with Crippen molar-refractivity contribution in [1.29, 1.82) is 0 Å². The molecule has 0 fully saturated rings. The molecule has 29 heavy (non-hydrogen) atoms. The number of carbonyl (C=O) groups excluding carboxylic acids is 1. The minimum Gasteiger partial charge on any atom is -0.467 e. The Bertz CT molecular complexity index is 1090. The van der Waals surface area contributed by atoms with E-state index in [0.717, 1.165) is 5.56 Å². The van der Waals surface area contributed by atoms with Crippen molar-refractivity contribution in [2.75, 3.05) is 5.32 Å². The van der Waals surface area contributed by atoms with Crippen LogP contribution in [0.2, 0.25) is 5.02 Å². The number of carbonyl (C=O) groups is 1. The third-order valence-electron chi connectivity index (χ3n) is 4.29. The molecule has 6 nitrogen and oxygen atoms in total. The Labute approximate surface area is 172 Å². The fourth-order valence-corrected chi connectivity index (χ4v) is 2.95. The summed E-state index contributed by atoms with van der Waals surface area (Å²) >= 11 is 5.92. The van der Waals surface area contributed by atoms with Crippen molar-refractivity contribution in [3.05, 3.63) is 95.4 Å². The number of nitrogens with zero attached hydrogens (tertiary/aromatic N) is 1. The zero-order chi connectivity index (χ0) is 20.1. The van der Waals surface area contributed by atoms with E-state index >= 15 is 0 Å². The maximum absolute atomic E-state index is 12.5. The first-order valence-corrected chi connectivity index (χ1v) is 9.41. The first kappa shape index (κ1) is 18.8. The zero-order valence-corrected chi connectivity index (χ0v) is 16.1. The molecule has 0 radical (unpaired) electrons. The molecule has 7 heteroatoms. The summed E-state index contributed by atoms with van der Waals surface area (Å²) < 4.78 is 11.0. The van der Waals surface area contributed by atoms with E-state index in [4.69, 9.17) is 20.4 Å². The van der Waals surface area contributed by atoms with Crippen molar-refractivity contribution in [1.82, 2.24) is 10.3 Å². The number of halogens is 1. The fraction of sp³-hybridized carbons (Fsp3) is 0.0909. The summed E-state index contributed by atoms with van der Waals surface area (Å²) in [5, 5.41) is 6.73. The Morgan fingerprint density at radius 1 is 1.00 bits per heavy atom. The second kappa shape index (κ2) is 8.67. The Kier molecular flexibility index (Phi) is 5.63. The zero-order valence-electron chi connectivity index (χ0n) is 15.4. The average Bonchev–Trinajstić information content (AvgIpc) is 3.43. The third kappa shape index (κ3) is 4.67. The Hall–Kier alpha value is -3.51. The van der Waals surface area contributed by atoms with Gasteiger partial charge in [0.05, 0.1) is 31.1 Å². The van der Waals surface area contributed by atoms with Crippen LogP contribution in [-0.2, 0) is 13.1 Å². The first-order valence-electron chi connectivity index (χ1n) is 9.03. The van der Waals surface area contributed by atoms with E-state index in [1.54, 1.807) is 36.7 Å². The molecule has 0 aliphatic rings. The predicted molar refractivity (Wildman–Crippen MR) is 111 cm³/mol. The van der Waals surface area contributed by atoms with Crippen LogP contribution in [-0.4, -0.2) is 10.9 Å². The van der Waals surface area contributed by atoms with E-state index < -0.39 is 0 Å². The van der Waals surface area contributed by atoms with E-state index in [9.17, 15) is 4.79 Å². The summed E-state index contributed by atoms with van der Waals surface area (Å²) in [6.45, 7) is 0.667. The average molecular weight is 408 g/mol. The van der Waals surface area contributed by atoms with Gasteiger partial charge in [0, 0.05) is 16.3 Å². The Balaban J connectivity index is 1.41. The summed E-state index contributed by atoms with van der Waals surface area (Å²) in [4.78, 5) is 16.8. The van der Waals surface area contributed by atoms with Crippen molar-refractivity contribution in [3.8, 4) is 11.3 Å². The van der Waals surface area contributed by atoms with Crippen LogP contribution >= 0.6 is 11.6 Å². The molecule has 0 spiro atoms. The van der Waals surface area contributed by atoms with E-state index in [0.29, 0.717) is 46.8 Å². The number of nitrogens with one attached hydrogen (secondary N) is 2. The van der Waals surface area contributed by atoms with Gasteiger partial charge in [-0.15, -0.1) is 0 Å². The molecule has 1 amide bonds. The molecule has 0 atom stereocenters. The van der Waals surface area contributed by atoms with Crippen molar-refractivity contribution >= 4 is 23.2 Å². The molecule has 0 aliphatic heterocycles. The monoisotopic (exact) mass is 407 g/mol. The highest BCUT2D eigenvalue weighted by atomic mass is 35.5. The fourth-order valence-electron chi connectivity index (χ4n) is 2.82. The molecular formula is C22H18ClN3O3. The maximum atomic E-state index is 12.5. The minimum absolute atomic E-state index is 0.196. The van der Waals surface area contributed by atoms with Gasteiger partial charge in [-0.05, 0) is 48.5 Å². The number of amides is 1. The van der Waals surface area contributed by atoms with E-state index in [-0.39, 0.29) is 5.91 Å². The van der Waals surface area contributed by atoms with Gasteiger partial charge in [-0.2, -0.15) is 0 Å². The highest BCUT2D eigenvalue weighted by molar-refractivity contribution is 6.30. The van der Waals surface area contributed by atoms with Gasteiger partial charge < -0.3 is 19.5 Å². The van der Waals surface area contributed by atoms with Crippen LogP contribution in [0.4, 0.5) is 5.69 Å². The normalized spacial score (nSPS) is 10.7. The predicted octanol–water partition coefficient (Wildman–Crippen LogP) is 5.13. The number of para-hydroxylation sites is 1. The van der Waals surface area contributed by atoms with Crippen LogP contribution < -0.4 is 10.6 Å². The maximum Gasteiger partial charge on any atom is 0.253 e. The van der Waals surface area contributed by atoms with Crippen molar-refractivity contribution in [2.45, 2.75) is 13.1 Å². The summed E-state index contributed by atoms with van der Waals surface area (Å²) in [6, 6.07) is 18.2. The lowest BCUT2D eigenvalue weighted by molar-refractivity contribution is 0.0949. The van der Waals surface area contributed by atoms with Crippen molar-refractivity contribution in [3.63, 3.8) is 0 Å². The highest BCUT2D eigenvalue weighted by Crippen LogP contribution is 2.23. The number of aromatic nitrogens is 1. The van der Waals surface area contributed by atoms with Gasteiger partial charge in [-0.3, -0.25) is 4.79 Å². The molecule has 0 saturated carbocycles. The number of hydrogen-bond donors (Lipinski definition) is 2. The van der Waals surface area contributed by atoms with Crippen LogP contribution in [0.25, 0.3) is 11.3 Å². The van der Waals surface area contributed by atoms with E-state index in [1.807, 2.05) is 36.4 Å². The number of oxazole rings is 1. The molecule has 4 aromatic rings. The molecule has 2 heterocycles. The van der Waals surface area contributed by atoms with Crippen LogP contribution in [0.3, 0.4) is 0 Å². The molecule has 0 saturated heterocycles. The standard InChI is InChI=1S/C22H18ClN3O3/c23-16-9-7-15(8-10-16)20-13-25-21(29-20)14-24-19-6-2-1-5-18(19)22(27)26-12-17-4-3-11-28-17/h1-11,13,24H,12,14H2,(H,26,27). The molecule has 0 bridgehead atoms. The van der Waals surface area contributed by atoms with Crippen molar-refractivity contribution in [2.24, 2.45) is 0 Å². The van der Waals surface area contributed by atoms with Gasteiger partial charge in [0.1, 0.15) is 5.76 Å². The molecular weight excluding hydrogens is 390 g/mol. The van der Waals surface area contributed by atoms with Gasteiger partial charge in [0.15, 0.2) is 5.76 Å². The van der Waals surface area contributed by atoms with Gasteiger partial charge >= 0.3 is 0 Å². The van der Waals surface area contributed by atoms with Crippen LogP contribution in [0.1, 0.15) is 22.0 Å². The van der Waals surface area contributed by atoms with Gasteiger partial charge in [0.2, 0.25) is 5.89 Å². The summed E-state index contributed by atoms with van der Waals surface area (Å²) in [5.41, 5.74) is 2.12. The van der Waals surface area contributed by atoms with E-state index in [2.05, 4.69) is 15.6 Å². The van der Waals surface area contributed by atoms with Crippen molar-refractivity contribution < 1.29 is 13.6 Å². The smallest absolute Gasteiger partial charge is 0.253 e. The largest absolute Gasteiger partial charge is 0.467 e. The van der Waals surface area contributed by atoms with Gasteiger partial charge in [-0.1, -0.05) is 23.7 Å². The highest BCUT2D eigenvalue weighted by Gasteiger charge is 2.12. The Morgan fingerprint density at radius 3 is 2.62 bits per heavy atom. The second-order valence-corrected chi connectivity index (χ2v) is 6.72. The third-order valence-corrected chi connectivity index (χ3v) is 4.54. The lowest BCUT2D eigenvalue weighted by Gasteiger charge is -2.10.